The molecular formula is C9H16N4O. The highest BCUT2D eigenvalue weighted by molar-refractivity contribution is 5.73. The molecule has 0 spiro atoms. The number of carbonyl (C=O) groups is 1. The standard InChI is InChI=1S/C9H16N4O/c1-4-5-13-6-10-12-9(13)7(2)11-8(3)14/h6-7H,4-5H2,1-3H3,(H,11,14). The molecule has 78 valence electrons. The van der Waals surface area contributed by atoms with Gasteiger partial charge in [0.15, 0.2) is 5.82 Å². The fraction of sp³-hybridized carbons (Fsp3) is 0.667. The highest BCUT2D eigenvalue weighted by Gasteiger charge is 2.12. The van der Waals surface area contributed by atoms with E-state index < -0.39 is 0 Å². The van der Waals surface area contributed by atoms with Crippen molar-refractivity contribution in [2.24, 2.45) is 0 Å². The zero-order chi connectivity index (χ0) is 10.6. The van der Waals surface area contributed by atoms with Crippen LogP contribution in [0.4, 0.5) is 0 Å². The molecule has 1 heterocycles. The number of rotatable bonds is 4. The molecule has 5 nitrogen and oxygen atoms in total. The molecule has 1 amide bonds. The van der Waals surface area contributed by atoms with Gasteiger partial charge in [0.05, 0.1) is 6.04 Å². The molecule has 0 aliphatic rings. The van der Waals surface area contributed by atoms with Gasteiger partial charge in [0.2, 0.25) is 5.91 Å². The Hall–Kier alpha value is -1.39. The molecule has 1 aromatic heterocycles. The van der Waals surface area contributed by atoms with E-state index in [1.165, 1.54) is 6.92 Å². The van der Waals surface area contributed by atoms with Gasteiger partial charge >= 0.3 is 0 Å². The van der Waals surface area contributed by atoms with Crippen molar-refractivity contribution in [1.29, 1.82) is 0 Å². The summed E-state index contributed by atoms with van der Waals surface area (Å²) in [4.78, 5) is 10.8. The van der Waals surface area contributed by atoms with E-state index in [0.29, 0.717) is 0 Å². The quantitative estimate of drug-likeness (QED) is 0.777. The van der Waals surface area contributed by atoms with Gasteiger partial charge in [-0.15, -0.1) is 10.2 Å². The van der Waals surface area contributed by atoms with Gasteiger partial charge in [-0.2, -0.15) is 0 Å². The van der Waals surface area contributed by atoms with Crippen molar-refractivity contribution in [2.75, 3.05) is 0 Å². The summed E-state index contributed by atoms with van der Waals surface area (Å²) in [5.74, 6) is 0.755. The van der Waals surface area contributed by atoms with E-state index in [0.717, 1.165) is 18.8 Å². The van der Waals surface area contributed by atoms with Gasteiger partial charge in [-0.05, 0) is 13.3 Å². The van der Waals surface area contributed by atoms with Crippen LogP contribution in [0.2, 0.25) is 0 Å². The number of nitrogens with one attached hydrogen (secondary N) is 1. The molecule has 1 aromatic rings. The average Bonchev–Trinajstić information content (AvgIpc) is 2.51. The third kappa shape index (κ3) is 2.55. The largest absolute Gasteiger partial charge is 0.347 e. The topological polar surface area (TPSA) is 59.8 Å². The molecule has 14 heavy (non-hydrogen) atoms. The van der Waals surface area contributed by atoms with E-state index in [4.69, 9.17) is 0 Å². The zero-order valence-corrected chi connectivity index (χ0v) is 8.82. The number of hydrogen-bond acceptors (Lipinski definition) is 3. The van der Waals surface area contributed by atoms with Crippen molar-refractivity contribution in [1.82, 2.24) is 20.1 Å². The van der Waals surface area contributed by atoms with Crippen LogP contribution in [0.5, 0.6) is 0 Å². The van der Waals surface area contributed by atoms with Crippen LogP contribution < -0.4 is 5.32 Å². The number of hydrogen-bond donors (Lipinski definition) is 1. The Morgan fingerprint density at radius 2 is 2.43 bits per heavy atom. The molecule has 0 aromatic carbocycles. The molecular weight excluding hydrogens is 180 g/mol. The van der Waals surface area contributed by atoms with E-state index >= 15 is 0 Å². The maximum absolute atomic E-state index is 10.8. The van der Waals surface area contributed by atoms with Crippen molar-refractivity contribution >= 4 is 5.91 Å². The Bertz CT molecular complexity index is 308. The molecule has 1 rings (SSSR count). The van der Waals surface area contributed by atoms with Crippen LogP contribution in [0.3, 0.4) is 0 Å². The van der Waals surface area contributed by atoms with Crippen molar-refractivity contribution in [3.8, 4) is 0 Å². The van der Waals surface area contributed by atoms with Crippen LogP contribution in [-0.2, 0) is 11.3 Å². The van der Waals surface area contributed by atoms with Crippen LogP contribution >= 0.6 is 0 Å². The highest BCUT2D eigenvalue weighted by atomic mass is 16.1. The second-order valence-corrected chi connectivity index (χ2v) is 3.30. The maximum atomic E-state index is 10.8. The van der Waals surface area contributed by atoms with Gasteiger partial charge in [-0.3, -0.25) is 4.79 Å². The van der Waals surface area contributed by atoms with Crippen molar-refractivity contribution in [3.63, 3.8) is 0 Å². The third-order valence-electron chi connectivity index (χ3n) is 1.92. The van der Waals surface area contributed by atoms with Gasteiger partial charge in [0.1, 0.15) is 6.33 Å². The lowest BCUT2D eigenvalue weighted by Crippen LogP contribution is -2.26. The lowest BCUT2D eigenvalue weighted by Gasteiger charge is -2.12. The maximum Gasteiger partial charge on any atom is 0.217 e. The SMILES string of the molecule is CCCn1cnnc1C(C)NC(C)=O. The van der Waals surface area contributed by atoms with Gasteiger partial charge in [-0.1, -0.05) is 6.92 Å². The number of amides is 1. The molecule has 0 saturated heterocycles. The Kier molecular flexibility index (Phi) is 3.62. The Morgan fingerprint density at radius 1 is 1.71 bits per heavy atom. The van der Waals surface area contributed by atoms with Gasteiger partial charge < -0.3 is 9.88 Å². The number of nitrogens with zero attached hydrogens (tertiary/aromatic N) is 3. The molecule has 0 radical (unpaired) electrons. The summed E-state index contributed by atoms with van der Waals surface area (Å²) in [5, 5.41) is 10.6. The fourth-order valence-electron chi connectivity index (χ4n) is 1.38. The minimum absolute atomic E-state index is 0.0523. The second-order valence-electron chi connectivity index (χ2n) is 3.30. The average molecular weight is 196 g/mol. The number of carbonyl (C=O) groups excluding carboxylic acids is 1. The van der Waals surface area contributed by atoms with Crippen LogP contribution in [0.1, 0.15) is 39.1 Å². The molecule has 0 bridgehead atoms. The van der Waals surface area contributed by atoms with E-state index in [1.54, 1.807) is 6.33 Å². The summed E-state index contributed by atoms with van der Waals surface area (Å²) in [6, 6.07) is -0.0819. The first-order chi connectivity index (χ1) is 6.65. The molecule has 0 fully saturated rings. The van der Waals surface area contributed by atoms with E-state index in [1.807, 2.05) is 11.5 Å². The van der Waals surface area contributed by atoms with E-state index in [9.17, 15) is 4.79 Å². The smallest absolute Gasteiger partial charge is 0.217 e. The molecule has 5 heteroatoms. The summed E-state index contributed by atoms with van der Waals surface area (Å²) in [5.41, 5.74) is 0. The lowest BCUT2D eigenvalue weighted by molar-refractivity contribution is -0.119. The summed E-state index contributed by atoms with van der Waals surface area (Å²) < 4.78 is 1.96. The van der Waals surface area contributed by atoms with E-state index in [2.05, 4.69) is 22.4 Å². The summed E-state index contributed by atoms with van der Waals surface area (Å²) >= 11 is 0. The first-order valence-corrected chi connectivity index (χ1v) is 4.80. The fourth-order valence-corrected chi connectivity index (χ4v) is 1.38. The third-order valence-corrected chi connectivity index (χ3v) is 1.92. The number of aromatic nitrogens is 3. The monoisotopic (exact) mass is 196 g/mol. The van der Waals surface area contributed by atoms with Gasteiger partial charge in [0, 0.05) is 13.5 Å². The van der Waals surface area contributed by atoms with Crippen LogP contribution in [0, 0.1) is 0 Å². The summed E-state index contributed by atoms with van der Waals surface area (Å²) in [6.07, 6.45) is 2.72. The predicted molar refractivity (Wildman–Crippen MR) is 52.5 cm³/mol. The second kappa shape index (κ2) is 4.74. The highest BCUT2D eigenvalue weighted by Crippen LogP contribution is 2.08. The minimum atomic E-state index is -0.0819. The Morgan fingerprint density at radius 3 is 3.00 bits per heavy atom. The Labute approximate surface area is 83.5 Å². The Balaban J connectivity index is 2.72. The van der Waals surface area contributed by atoms with Crippen molar-refractivity contribution < 1.29 is 4.79 Å². The van der Waals surface area contributed by atoms with Crippen molar-refractivity contribution in [3.05, 3.63) is 12.2 Å². The minimum Gasteiger partial charge on any atom is -0.347 e. The molecule has 1 N–H and O–H groups in total. The van der Waals surface area contributed by atoms with Crippen LogP contribution in [0.15, 0.2) is 6.33 Å². The molecule has 0 aliphatic heterocycles. The van der Waals surface area contributed by atoms with Crippen LogP contribution in [0.25, 0.3) is 0 Å². The van der Waals surface area contributed by atoms with Gasteiger partial charge in [-0.25, -0.2) is 0 Å². The first kappa shape index (κ1) is 10.7. The molecule has 1 unspecified atom stereocenters. The summed E-state index contributed by atoms with van der Waals surface area (Å²) in [7, 11) is 0. The van der Waals surface area contributed by atoms with Crippen LogP contribution in [-0.4, -0.2) is 20.7 Å². The molecule has 0 aliphatic carbocycles. The van der Waals surface area contributed by atoms with E-state index in [-0.39, 0.29) is 11.9 Å². The zero-order valence-electron chi connectivity index (χ0n) is 8.82. The molecule has 0 saturated carbocycles. The molecule has 1 atom stereocenters. The number of aryl methyl sites for hydroxylation is 1. The first-order valence-electron chi connectivity index (χ1n) is 4.80. The van der Waals surface area contributed by atoms with Crippen molar-refractivity contribution in [2.45, 2.75) is 39.8 Å². The normalized spacial score (nSPS) is 12.5. The summed E-state index contributed by atoms with van der Waals surface area (Å²) in [6.45, 7) is 6.37. The lowest BCUT2D eigenvalue weighted by atomic mass is 10.3. The predicted octanol–water partition coefficient (Wildman–Crippen LogP) is 0.885. The van der Waals surface area contributed by atoms with Gasteiger partial charge in [0.25, 0.3) is 0 Å².